The molecule has 1 saturated carbocycles. The summed E-state index contributed by atoms with van der Waals surface area (Å²) in [5.74, 6) is 1.08. The molecule has 3 aliphatic heterocycles. The van der Waals surface area contributed by atoms with Crippen LogP contribution in [0.1, 0.15) is 60.9 Å². The molecule has 0 atom stereocenters. The second-order valence-corrected chi connectivity index (χ2v) is 14.2. The van der Waals surface area contributed by atoms with Gasteiger partial charge in [0, 0.05) is 40.8 Å². The highest BCUT2D eigenvalue weighted by molar-refractivity contribution is 6.18. The van der Waals surface area contributed by atoms with E-state index >= 15 is 4.39 Å². The topological polar surface area (TPSA) is 74.8 Å². The summed E-state index contributed by atoms with van der Waals surface area (Å²) < 4.78 is 27.4. The average Bonchev–Trinajstić information content (AvgIpc) is 3.40. The van der Waals surface area contributed by atoms with Crippen LogP contribution in [-0.4, -0.2) is 66.0 Å². The number of nitrogens with one attached hydrogen (secondary N) is 2. The van der Waals surface area contributed by atoms with Gasteiger partial charge in [0.1, 0.15) is 30.0 Å². The number of nitrogens with zero attached hydrogens (tertiary/aromatic N) is 3. The van der Waals surface area contributed by atoms with Crippen LogP contribution >= 0.6 is 0 Å². The van der Waals surface area contributed by atoms with Crippen LogP contribution in [0.2, 0.25) is 0 Å². The Balaban J connectivity index is 1.04. The number of piperidine rings is 1. The summed E-state index contributed by atoms with van der Waals surface area (Å²) in [5.41, 5.74) is 10.3. The fourth-order valence-electron chi connectivity index (χ4n) is 7.95. The first-order valence-corrected chi connectivity index (χ1v) is 17.9. The van der Waals surface area contributed by atoms with Crippen molar-refractivity contribution in [2.75, 3.05) is 39.3 Å². The molecule has 0 amide bonds. The molecular formula is C41H42FN5O2. The van der Waals surface area contributed by atoms with Gasteiger partial charge in [0.15, 0.2) is 0 Å². The molecule has 8 heteroatoms. The maximum Gasteiger partial charge on any atom is 0.138 e. The van der Waals surface area contributed by atoms with Gasteiger partial charge in [-0.1, -0.05) is 24.3 Å². The lowest BCUT2D eigenvalue weighted by atomic mass is 9.94. The van der Waals surface area contributed by atoms with E-state index in [0.717, 1.165) is 120 Å². The first-order valence-electron chi connectivity index (χ1n) is 17.9. The molecule has 4 aliphatic rings. The van der Waals surface area contributed by atoms with E-state index in [-0.39, 0.29) is 17.5 Å². The predicted octanol–water partition coefficient (Wildman–Crippen LogP) is 7.79. The lowest BCUT2D eigenvalue weighted by Crippen LogP contribution is -2.34. The average molecular weight is 656 g/mol. The molecule has 9 rings (SSSR count). The lowest BCUT2D eigenvalue weighted by molar-refractivity contribution is 0.162. The van der Waals surface area contributed by atoms with Crippen LogP contribution in [-0.2, 0) is 5.54 Å². The zero-order valence-corrected chi connectivity index (χ0v) is 28.0. The Morgan fingerprint density at radius 3 is 2.55 bits per heavy atom. The van der Waals surface area contributed by atoms with Crippen molar-refractivity contribution in [3.63, 3.8) is 0 Å². The van der Waals surface area contributed by atoms with Gasteiger partial charge in [-0.05, 0) is 130 Å². The van der Waals surface area contributed by atoms with E-state index in [1.54, 1.807) is 6.07 Å². The van der Waals surface area contributed by atoms with Gasteiger partial charge >= 0.3 is 0 Å². The van der Waals surface area contributed by atoms with Crippen LogP contribution in [0.4, 0.5) is 4.39 Å². The van der Waals surface area contributed by atoms with Gasteiger partial charge in [-0.25, -0.2) is 4.39 Å². The SMILES string of the molecule is Cc1ccc(-c2cc(F)cc(OCCN3CCCC3)c2)c2cc(C3=NC4(CC4)c4ccc(-c5cncc(OC6CCNCC6)c5)cc43)[nH]c12. The molecule has 5 aromatic rings. The largest absolute Gasteiger partial charge is 0.492 e. The Hall–Kier alpha value is -4.53. The standard InChI is InChI=1S/C41H42FN5O2/c1-26-4-6-34(28-18-30(42)22-32(19-28)48-17-16-47-14-2-3-15-47)35-23-38(45-39(26)35)40-36-21-27(5-7-37(36)41(46-40)10-11-41)29-20-33(25-44-24-29)49-31-8-12-43-13-9-31/h4-7,18-25,31,43,45H,2-3,8-17H2,1H3. The number of hydrogen-bond acceptors (Lipinski definition) is 6. The molecule has 5 heterocycles. The van der Waals surface area contributed by atoms with Crippen molar-refractivity contribution in [2.45, 2.75) is 57.1 Å². The molecule has 49 heavy (non-hydrogen) atoms. The van der Waals surface area contributed by atoms with Gasteiger partial charge in [-0.2, -0.15) is 0 Å². The Bertz CT molecular complexity index is 2070. The number of benzene rings is 3. The van der Waals surface area contributed by atoms with Crippen LogP contribution in [0.3, 0.4) is 0 Å². The second kappa shape index (κ2) is 12.4. The van der Waals surface area contributed by atoms with E-state index in [2.05, 4.69) is 69.6 Å². The van der Waals surface area contributed by atoms with Gasteiger partial charge in [0.25, 0.3) is 0 Å². The maximum absolute atomic E-state index is 15.0. The van der Waals surface area contributed by atoms with Crippen LogP contribution < -0.4 is 14.8 Å². The van der Waals surface area contributed by atoms with Crippen molar-refractivity contribution in [2.24, 2.45) is 4.99 Å². The van der Waals surface area contributed by atoms with Crippen LogP contribution in [0.5, 0.6) is 11.5 Å². The molecule has 7 nitrogen and oxygen atoms in total. The Morgan fingerprint density at radius 2 is 1.71 bits per heavy atom. The van der Waals surface area contributed by atoms with Gasteiger partial charge < -0.3 is 19.8 Å². The van der Waals surface area contributed by atoms with Crippen molar-refractivity contribution in [3.05, 3.63) is 101 Å². The number of aromatic amines is 1. The number of fused-ring (bicyclic) bond motifs is 3. The van der Waals surface area contributed by atoms with Gasteiger partial charge in [0.2, 0.25) is 0 Å². The van der Waals surface area contributed by atoms with E-state index in [9.17, 15) is 0 Å². The lowest BCUT2D eigenvalue weighted by Gasteiger charge is -2.23. The fourth-order valence-corrected chi connectivity index (χ4v) is 7.95. The molecule has 2 N–H and O–H groups in total. The smallest absolute Gasteiger partial charge is 0.138 e. The number of ether oxygens (including phenoxy) is 2. The molecule has 0 bridgehead atoms. The third-order valence-corrected chi connectivity index (χ3v) is 10.8. The number of aromatic nitrogens is 2. The number of hydrogen-bond donors (Lipinski definition) is 2. The van der Waals surface area contributed by atoms with E-state index in [4.69, 9.17) is 14.5 Å². The van der Waals surface area contributed by atoms with Gasteiger partial charge in [-0.3, -0.25) is 14.9 Å². The van der Waals surface area contributed by atoms with Gasteiger partial charge in [0.05, 0.1) is 23.1 Å². The van der Waals surface area contributed by atoms with E-state index in [1.165, 1.54) is 24.5 Å². The molecular weight excluding hydrogens is 613 g/mol. The van der Waals surface area contributed by atoms with Crippen LogP contribution in [0.25, 0.3) is 33.2 Å². The predicted molar refractivity (Wildman–Crippen MR) is 192 cm³/mol. The first kappa shape index (κ1) is 30.5. The Labute approximate surface area is 286 Å². The quantitative estimate of drug-likeness (QED) is 0.170. The Morgan fingerprint density at radius 1 is 0.878 bits per heavy atom. The number of aliphatic imine (C=N–C) groups is 1. The number of halogens is 1. The van der Waals surface area contributed by atoms with Crippen LogP contribution in [0.15, 0.2) is 78.0 Å². The van der Waals surface area contributed by atoms with E-state index in [0.29, 0.717) is 12.4 Å². The minimum Gasteiger partial charge on any atom is -0.492 e. The number of likely N-dealkylation sites (tertiary alicyclic amines) is 1. The number of rotatable bonds is 9. The first-order chi connectivity index (χ1) is 24.0. The molecule has 1 spiro atoms. The minimum atomic E-state index is -0.296. The summed E-state index contributed by atoms with van der Waals surface area (Å²) in [7, 11) is 0. The molecule has 1 aliphatic carbocycles. The highest BCUT2D eigenvalue weighted by atomic mass is 19.1. The molecule has 2 saturated heterocycles. The number of pyridine rings is 1. The number of aryl methyl sites for hydroxylation is 1. The number of H-pyrrole nitrogens is 1. The summed E-state index contributed by atoms with van der Waals surface area (Å²) in [6.45, 7) is 7.73. The maximum atomic E-state index is 15.0. The van der Waals surface area contributed by atoms with Crippen molar-refractivity contribution in [1.29, 1.82) is 0 Å². The van der Waals surface area contributed by atoms with Crippen molar-refractivity contribution in [3.8, 4) is 33.8 Å². The second-order valence-electron chi connectivity index (χ2n) is 14.2. The molecule has 0 radical (unpaired) electrons. The monoisotopic (exact) mass is 655 g/mol. The van der Waals surface area contributed by atoms with Crippen molar-refractivity contribution >= 4 is 16.6 Å². The molecule has 3 aromatic carbocycles. The third kappa shape index (κ3) is 5.91. The summed E-state index contributed by atoms with van der Waals surface area (Å²) >= 11 is 0. The zero-order valence-electron chi connectivity index (χ0n) is 28.0. The normalized spacial score (nSPS) is 18.6. The van der Waals surface area contributed by atoms with Gasteiger partial charge in [-0.15, -0.1) is 0 Å². The highest BCUT2D eigenvalue weighted by Crippen LogP contribution is 2.55. The molecule has 3 fully saturated rings. The minimum absolute atomic E-state index is 0.138. The van der Waals surface area contributed by atoms with E-state index < -0.39 is 0 Å². The summed E-state index contributed by atoms with van der Waals surface area (Å²) in [6, 6.07) is 20.3. The summed E-state index contributed by atoms with van der Waals surface area (Å²) in [6.07, 6.45) is 10.5. The Kier molecular flexibility index (Phi) is 7.73. The third-order valence-electron chi connectivity index (χ3n) is 10.8. The molecule has 0 unspecified atom stereocenters. The zero-order chi connectivity index (χ0) is 33.0. The molecule has 250 valence electrons. The van der Waals surface area contributed by atoms with Crippen molar-refractivity contribution < 1.29 is 13.9 Å². The van der Waals surface area contributed by atoms with Crippen LogP contribution in [0, 0.1) is 12.7 Å². The summed E-state index contributed by atoms with van der Waals surface area (Å²) in [4.78, 5) is 16.1. The van der Waals surface area contributed by atoms with Crippen molar-refractivity contribution in [1.82, 2.24) is 20.2 Å². The molecule has 2 aromatic heterocycles. The van der Waals surface area contributed by atoms with E-state index in [1.807, 2.05) is 18.5 Å². The fraction of sp³-hybridized carbons (Fsp3) is 0.366. The summed E-state index contributed by atoms with van der Waals surface area (Å²) in [5, 5.41) is 4.45. The highest BCUT2D eigenvalue weighted by Gasteiger charge is 2.50.